The highest BCUT2D eigenvalue weighted by atomic mass is 35.5. The van der Waals surface area contributed by atoms with Gasteiger partial charge in [-0.2, -0.15) is 0 Å². The molecule has 2 amide bonds. The molecule has 6 atom stereocenters. The summed E-state index contributed by atoms with van der Waals surface area (Å²) in [5, 5.41) is 10.2. The minimum absolute atomic E-state index is 0.0131. The SMILES string of the molecule is C=CCCCCOC(=O)[C@@H]1[C@H]2C(=O)N(CCO)C(C(=O)N(CC=C)c3ccccc3Cl)C23S[C@@H]1CC3C. The Hall–Kier alpha value is -2.29. The predicted octanol–water partition coefficient (Wildman–Crippen LogP) is 4.09. The van der Waals surface area contributed by atoms with Crippen LogP contribution in [0.1, 0.15) is 32.6 Å². The number of β-amino-alcohol motifs (C(OH)–C–C–N with tert-alkyl or cyclic N) is 1. The summed E-state index contributed by atoms with van der Waals surface area (Å²) in [7, 11) is 0. The number of rotatable bonds is 12. The van der Waals surface area contributed by atoms with Gasteiger partial charge in [0.15, 0.2) is 0 Å². The summed E-state index contributed by atoms with van der Waals surface area (Å²) >= 11 is 8.05. The predicted molar refractivity (Wildman–Crippen MR) is 146 cm³/mol. The van der Waals surface area contributed by atoms with Crippen LogP contribution >= 0.6 is 23.4 Å². The molecule has 7 nitrogen and oxygen atoms in total. The van der Waals surface area contributed by atoms with Crippen LogP contribution in [0.25, 0.3) is 0 Å². The van der Waals surface area contributed by atoms with Crippen LogP contribution in [0.4, 0.5) is 5.69 Å². The largest absolute Gasteiger partial charge is 0.465 e. The lowest BCUT2D eigenvalue weighted by atomic mass is 9.66. The maximum absolute atomic E-state index is 14.3. The van der Waals surface area contributed by atoms with Crippen molar-refractivity contribution >= 4 is 46.8 Å². The first-order chi connectivity index (χ1) is 17.8. The first kappa shape index (κ1) is 27.7. The molecule has 3 heterocycles. The van der Waals surface area contributed by atoms with Gasteiger partial charge in [-0.05, 0) is 43.7 Å². The fourth-order valence-corrected chi connectivity index (χ4v) is 8.97. The molecule has 3 aliphatic heterocycles. The number of hydrogen-bond donors (Lipinski definition) is 1. The van der Waals surface area contributed by atoms with Crippen LogP contribution in [-0.4, -0.2) is 70.1 Å². The van der Waals surface area contributed by atoms with E-state index in [1.165, 1.54) is 4.90 Å². The Balaban J connectivity index is 1.69. The van der Waals surface area contributed by atoms with Gasteiger partial charge in [-0.1, -0.05) is 42.8 Å². The van der Waals surface area contributed by atoms with Crippen LogP contribution in [-0.2, 0) is 19.1 Å². The molecule has 0 radical (unpaired) electrons. The highest BCUT2D eigenvalue weighted by Crippen LogP contribution is 2.68. The molecule has 0 saturated carbocycles. The molecule has 3 aliphatic rings. The fraction of sp³-hybridized carbons (Fsp3) is 0.536. The number of unbranched alkanes of at least 4 members (excludes halogenated alkanes) is 2. The Labute approximate surface area is 227 Å². The van der Waals surface area contributed by atoms with Gasteiger partial charge in [0.1, 0.15) is 6.04 Å². The number of ether oxygens (including phenoxy) is 1. The van der Waals surface area contributed by atoms with Crippen LogP contribution in [0.5, 0.6) is 0 Å². The Morgan fingerprint density at radius 3 is 2.73 bits per heavy atom. The number of fused-ring (bicyclic) bond motifs is 1. The number of nitrogens with zero attached hydrogens (tertiary/aromatic N) is 2. The van der Waals surface area contributed by atoms with Gasteiger partial charge in [-0.3, -0.25) is 14.4 Å². The van der Waals surface area contributed by atoms with E-state index in [1.807, 2.05) is 6.08 Å². The number of aliphatic hydroxyl groups is 1. The van der Waals surface area contributed by atoms with E-state index >= 15 is 0 Å². The number of halogens is 1. The molecule has 2 bridgehead atoms. The number of benzene rings is 1. The van der Waals surface area contributed by atoms with Gasteiger partial charge in [0.25, 0.3) is 5.91 Å². The molecule has 0 aliphatic carbocycles. The Morgan fingerprint density at radius 2 is 2.05 bits per heavy atom. The molecule has 3 unspecified atom stereocenters. The molecule has 1 spiro atoms. The van der Waals surface area contributed by atoms with Crippen molar-refractivity contribution in [3.05, 3.63) is 54.6 Å². The maximum atomic E-state index is 14.3. The number of carbonyl (C=O) groups is 3. The first-order valence-corrected chi connectivity index (χ1v) is 14.1. The van der Waals surface area contributed by atoms with E-state index in [0.717, 1.165) is 25.7 Å². The Bertz CT molecular complexity index is 1070. The highest BCUT2D eigenvalue weighted by molar-refractivity contribution is 8.02. The minimum atomic E-state index is -0.844. The molecule has 200 valence electrons. The van der Waals surface area contributed by atoms with Gasteiger partial charge in [0.05, 0.1) is 40.5 Å². The van der Waals surface area contributed by atoms with Crippen LogP contribution < -0.4 is 4.90 Å². The minimum Gasteiger partial charge on any atom is -0.465 e. The number of para-hydroxylation sites is 1. The number of amides is 2. The van der Waals surface area contributed by atoms with Crippen LogP contribution in [0.3, 0.4) is 0 Å². The van der Waals surface area contributed by atoms with Crippen molar-refractivity contribution < 1.29 is 24.2 Å². The number of likely N-dealkylation sites (tertiary alicyclic amines) is 1. The Kier molecular flexibility index (Phi) is 8.71. The summed E-state index contributed by atoms with van der Waals surface area (Å²) in [6.45, 7) is 9.82. The average Bonchev–Trinajstić information content (AvgIpc) is 3.47. The number of aliphatic hydroxyl groups excluding tert-OH is 1. The van der Waals surface area contributed by atoms with Crippen molar-refractivity contribution in [2.45, 2.75) is 48.6 Å². The van der Waals surface area contributed by atoms with Crippen molar-refractivity contribution in [1.82, 2.24) is 4.90 Å². The van der Waals surface area contributed by atoms with E-state index < -0.39 is 22.6 Å². The van der Waals surface area contributed by atoms with Crippen molar-refractivity contribution in [2.24, 2.45) is 17.8 Å². The molecule has 3 saturated heterocycles. The second-order valence-corrected chi connectivity index (χ2v) is 11.9. The van der Waals surface area contributed by atoms with Gasteiger partial charge >= 0.3 is 5.97 Å². The smallest absolute Gasteiger partial charge is 0.310 e. The van der Waals surface area contributed by atoms with Crippen molar-refractivity contribution in [2.75, 3.05) is 31.2 Å². The van der Waals surface area contributed by atoms with E-state index in [0.29, 0.717) is 17.3 Å². The van der Waals surface area contributed by atoms with E-state index in [-0.39, 0.29) is 48.6 Å². The lowest BCUT2D eigenvalue weighted by molar-refractivity contribution is -0.154. The summed E-state index contributed by atoms with van der Waals surface area (Å²) in [6.07, 6.45) is 6.64. The van der Waals surface area contributed by atoms with Gasteiger partial charge in [0, 0.05) is 18.3 Å². The summed E-state index contributed by atoms with van der Waals surface area (Å²) in [5.74, 6) is -2.18. The number of thioether (sulfide) groups is 1. The molecule has 37 heavy (non-hydrogen) atoms. The van der Waals surface area contributed by atoms with Crippen molar-refractivity contribution in [3.63, 3.8) is 0 Å². The molecule has 1 N–H and O–H groups in total. The zero-order chi connectivity index (χ0) is 26.7. The van der Waals surface area contributed by atoms with Crippen molar-refractivity contribution in [3.8, 4) is 0 Å². The van der Waals surface area contributed by atoms with E-state index in [2.05, 4.69) is 20.1 Å². The lowest BCUT2D eigenvalue weighted by Crippen LogP contribution is -2.57. The quantitative estimate of drug-likeness (QED) is 0.241. The summed E-state index contributed by atoms with van der Waals surface area (Å²) in [4.78, 5) is 44.6. The number of allylic oxidation sites excluding steroid dienone is 1. The first-order valence-electron chi connectivity index (χ1n) is 12.9. The number of carbonyl (C=O) groups excluding carboxylic acids is 3. The molecule has 1 aromatic carbocycles. The second-order valence-electron chi connectivity index (χ2n) is 9.95. The van der Waals surface area contributed by atoms with Gasteiger partial charge < -0.3 is 19.6 Å². The summed E-state index contributed by atoms with van der Waals surface area (Å²) in [6, 6.07) is 6.23. The highest BCUT2D eigenvalue weighted by Gasteiger charge is 2.76. The molecule has 3 fully saturated rings. The zero-order valence-electron chi connectivity index (χ0n) is 21.2. The third-order valence-corrected chi connectivity index (χ3v) is 10.3. The van der Waals surface area contributed by atoms with Crippen LogP contribution in [0.15, 0.2) is 49.6 Å². The van der Waals surface area contributed by atoms with Gasteiger partial charge in [-0.15, -0.1) is 24.9 Å². The molecule has 9 heteroatoms. The molecule has 1 aromatic rings. The second kappa shape index (κ2) is 11.6. The van der Waals surface area contributed by atoms with Crippen LogP contribution in [0.2, 0.25) is 5.02 Å². The molecule has 4 rings (SSSR count). The standard InChI is InChI=1S/C28H35ClN2O5S/c1-4-6-7-10-16-36-27(35)22-21-17-18(3)28(37-21)23(22)25(33)31(14-15-32)24(28)26(34)30(13-5-2)20-12-9-8-11-19(20)29/h4-5,8-9,11-12,18,21-24,32H,1-2,6-7,10,13-17H2,3H3/t18?,21-,22+,23+,24?,28?/m1/s1. The monoisotopic (exact) mass is 546 g/mol. The zero-order valence-corrected chi connectivity index (χ0v) is 22.8. The third kappa shape index (κ3) is 4.72. The van der Waals surface area contributed by atoms with Gasteiger partial charge in [0.2, 0.25) is 5.91 Å². The maximum Gasteiger partial charge on any atom is 0.310 e. The summed E-state index contributed by atoms with van der Waals surface area (Å²) < 4.78 is 4.85. The summed E-state index contributed by atoms with van der Waals surface area (Å²) in [5.41, 5.74) is 0.533. The average molecular weight is 547 g/mol. The molecular formula is C28H35ClN2O5S. The molecule has 0 aromatic heterocycles. The van der Waals surface area contributed by atoms with Gasteiger partial charge in [-0.25, -0.2) is 0 Å². The Morgan fingerprint density at radius 1 is 1.30 bits per heavy atom. The third-order valence-electron chi connectivity index (χ3n) is 7.86. The molecular weight excluding hydrogens is 512 g/mol. The normalized spacial score (nSPS) is 29.8. The van der Waals surface area contributed by atoms with E-state index in [9.17, 15) is 19.5 Å². The van der Waals surface area contributed by atoms with E-state index in [1.54, 1.807) is 47.0 Å². The van der Waals surface area contributed by atoms with Crippen molar-refractivity contribution in [1.29, 1.82) is 0 Å². The topological polar surface area (TPSA) is 87.1 Å². The number of anilines is 1. The van der Waals surface area contributed by atoms with Crippen LogP contribution in [0, 0.1) is 17.8 Å². The van der Waals surface area contributed by atoms with E-state index in [4.69, 9.17) is 16.3 Å². The lowest BCUT2D eigenvalue weighted by Gasteiger charge is -2.40. The number of hydrogen-bond acceptors (Lipinski definition) is 6. The fourth-order valence-electron chi connectivity index (χ4n) is 6.33. The number of esters is 1.